The van der Waals surface area contributed by atoms with Crippen LogP contribution in [-0.2, 0) is 0 Å². The molecule has 0 amide bonds. The zero-order valence-electron chi connectivity index (χ0n) is 11.5. The molecular formula is C14H16F4N2S. The van der Waals surface area contributed by atoms with Gasteiger partial charge in [-0.15, -0.1) is 11.8 Å². The van der Waals surface area contributed by atoms with Gasteiger partial charge in [0.15, 0.2) is 0 Å². The van der Waals surface area contributed by atoms with Crippen molar-refractivity contribution in [3.63, 3.8) is 0 Å². The number of nitrogens with two attached hydrogens (primary N) is 1. The summed E-state index contributed by atoms with van der Waals surface area (Å²) in [4.78, 5) is 4.42. The van der Waals surface area contributed by atoms with Crippen LogP contribution in [0, 0.1) is 18.7 Å². The number of halogens is 4. The van der Waals surface area contributed by atoms with Crippen molar-refractivity contribution in [1.29, 1.82) is 0 Å². The van der Waals surface area contributed by atoms with E-state index in [-0.39, 0.29) is 11.6 Å². The molecule has 0 atom stereocenters. The maximum absolute atomic E-state index is 13.9. The molecule has 0 unspecified atom stereocenters. The molecule has 1 aromatic rings. The number of amidine groups is 1. The van der Waals surface area contributed by atoms with Crippen LogP contribution in [0.15, 0.2) is 22.0 Å². The molecule has 21 heavy (non-hydrogen) atoms. The van der Waals surface area contributed by atoms with E-state index < -0.39 is 17.7 Å². The fourth-order valence-electron chi connectivity index (χ4n) is 1.98. The molecule has 0 saturated heterocycles. The normalized spacial score (nSPS) is 16.9. The first kappa shape index (κ1) is 16.1. The third-order valence-electron chi connectivity index (χ3n) is 3.41. The zero-order valence-corrected chi connectivity index (χ0v) is 12.3. The molecule has 1 aromatic carbocycles. The van der Waals surface area contributed by atoms with Gasteiger partial charge < -0.3 is 5.73 Å². The Morgan fingerprint density at radius 2 is 2.05 bits per heavy atom. The maximum Gasteiger partial charge on any atom is 0.398 e. The van der Waals surface area contributed by atoms with Gasteiger partial charge in [-0.2, -0.15) is 13.2 Å². The number of aliphatic imine (C=N–C) groups is 1. The number of hydrogen-bond donors (Lipinski definition) is 1. The van der Waals surface area contributed by atoms with Gasteiger partial charge in [-0.1, -0.05) is 6.42 Å². The summed E-state index contributed by atoms with van der Waals surface area (Å²) < 4.78 is 50.7. The average Bonchev–Trinajstić information content (AvgIpc) is 2.27. The van der Waals surface area contributed by atoms with Crippen LogP contribution < -0.4 is 5.73 Å². The standard InChI is InChI=1S/C14H16F4N2S/c1-8-5-10(15)11(20-13(19)9-3-2-4-9)6-12(8)21-7-14(16,17)18/h5-6,9H,2-4,7H2,1H3,(H2,19,20). The molecule has 1 saturated carbocycles. The van der Waals surface area contributed by atoms with Crippen LogP contribution in [0.3, 0.4) is 0 Å². The number of aryl methyl sites for hydroxylation is 1. The van der Waals surface area contributed by atoms with Crippen LogP contribution in [0.4, 0.5) is 23.2 Å². The Labute approximate surface area is 124 Å². The lowest BCUT2D eigenvalue weighted by Crippen LogP contribution is -2.28. The van der Waals surface area contributed by atoms with Crippen molar-refractivity contribution in [2.75, 3.05) is 5.75 Å². The molecule has 2 nitrogen and oxygen atoms in total. The molecule has 0 aromatic heterocycles. The van der Waals surface area contributed by atoms with Crippen molar-refractivity contribution in [2.45, 2.75) is 37.3 Å². The fraction of sp³-hybridized carbons (Fsp3) is 0.500. The van der Waals surface area contributed by atoms with Crippen LogP contribution in [0.2, 0.25) is 0 Å². The third kappa shape index (κ3) is 4.36. The van der Waals surface area contributed by atoms with Crippen molar-refractivity contribution in [3.05, 3.63) is 23.5 Å². The summed E-state index contributed by atoms with van der Waals surface area (Å²) in [6.45, 7) is 1.57. The summed E-state index contributed by atoms with van der Waals surface area (Å²) in [6, 6.07) is 2.54. The highest BCUT2D eigenvalue weighted by Crippen LogP contribution is 2.34. The molecule has 0 bridgehead atoms. The number of benzene rings is 1. The molecule has 2 rings (SSSR count). The van der Waals surface area contributed by atoms with Gasteiger partial charge >= 0.3 is 6.18 Å². The molecule has 1 fully saturated rings. The quantitative estimate of drug-likeness (QED) is 0.382. The minimum Gasteiger partial charge on any atom is -0.387 e. The average molecular weight is 320 g/mol. The van der Waals surface area contributed by atoms with Crippen molar-refractivity contribution in [2.24, 2.45) is 16.6 Å². The molecule has 0 heterocycles. The van der Waals surface area contributed by atoms with Crippen LogP contribution in [-0.4, -0.2) is 17.8 Å². The van der Waals surface area contributed by atoms with Gasteiger partial charge in [-0.3, -0.25) is 0 Å². The molecule has 1 aliphatic rings. The van der Waals surface area contributed by atoms with Crippen LogP contribution >= 0.6 is 11.8 Å². The number of alkyl halides is 3. The Balaban J connectivity index is 2.21. The van der Waals surface area contributed by atoms with E-state index in [2.05, 4.69) is 4.99 Å². The minimum atomic E-state index is -4.26. The van der Waals surface area contributed by atoms with Gasteiger partial charge in [-0.25, -0.2) is 9.38 Å². The first-order chi connectivity index (χ1) is 9.76. The highest BCUT2D eigenvalue weighted by Gasteiger charge is 2.28. The van der Waals surface area contributed by atoms with E-state index in [4.69, 9.17) is 5.73 Å². The molecular weight excluding hydrogens is 304 g/mol. The highest BCUT2D eigenvalue weighted by molar-refractivity contribution is 7.99. The van der Waals surface area contributed by atoms with Crippen molar-refractivity contribution in [1.82, 2.24) is 0 Å². The Morgan fingerprint density at radius 1 is 1.38 bits per heavy atom. The topological polar surface area (TPSA) is 38.4 Å². The van der Waals surface area contributed by atoms with Crippen LogP contribution in [0.25, 0.3) is 0 Å². The van der Waals surface area contributed by atoms with E-state index in [0.29, 0.717) is 28.1 Å². The predicted molar refractivity (Wildman–Crippen MR) is 76.5 cm³/mol. The van der Waals surface area contributed by atoms with E-state index in [1.807, 2.05) is 0 Å². The lowest BCUT2D eigenvalue weighted by atomic mass is 9.84. The lowest BCUT2D eigenvalue weighted by Gasteiger charge is -2.24. The van der Waals surface area contributed by atoms with Crippen LogP contribution in [0.1, 0.15) is 24.8 Å². The number of thioether (sulfide) groups is 1. The summed E-state index contributed by atoms with van der Waals surface area (Å²) in [7, 11) is 0. The Bertz CT molecular complexity index is 551. The number of hydrogen-bond acceptors (Lipinski definition) is 2. The van der Waals surface area contributed by atoms with Crippen molar-refractivity contribution < 1.29 is 17.6 Å². The van der Waals surface area contributed by atoms with E-state index in [1.54, 1.807) is 6.92 Å². The summed E-state index contributed by atoms with van der Waals surface area (Å²) >= 11 is 0.630. The second-order valence-electron chi connectivity index (χ2n) is 5.14. The molecule has 1 aliphatic carbocycles. The monoisotopic (exact) mass is 320 g/mol. The number of nitrogens with zero attached hydrogens (tertiary/aromatic N) is 1. The third-order valence-corrected chi connectivity index (χ3v) is 4.63. The van der Waals surface area contributed by atoms with Crippen molar-refractivity contribution >= 4 is 23.3 Å². The molecule has 7 heteroatoms. The van der Waals surface area contributed by atoms with E-state index >= 15 is 0 Å². The van der Waals surface area contributed by atoms with Crippen molar-refractivity contribution in [3.8, 4) is 0 Å². The lowest BCUT2D eigenvalue weighted by molar-refractivity contribution is -0.105. The molecule has 2 N–H and O–H groups in total. The molecule has 116 valence electrons. The van der Waals surface area contributed by atoms with E-state index in [0.717, 1.165) is 19.3 Å². The van der Waals surface area contributed by atoms with Crippen LogP contribution in [0.5, 0.6) is 0 Å². The summed E-state index contributed by atoms with van der Waals surface area (Å²) in [5.74, 6) is -1.06. The summed E-state index contributed by atoms with van der Waals surface area (Å²) in [5, 5.41) is 0. The van der Waals surface area contributed by atoms with Gasteiger partial charge in [0.1, 0.15) is 17.3 Å². The Hall–Kier alpha value is -1.24. The summed E-state index contributed by atoms with van der Waals surface area (Å²) in [6.07, 6.45) is -1.33. The molecule has 0 spiro atoms. The largest absolute Gasteiger partial charge is 0.398 e. The van der Waals surface area contributed by atoms with Gasteiger partial charge in [0.25, 0.3) is 0 Å². The second-order valence-corrected chi connectivity index (χ2v) is 6.15. The predicted octanol–water partition coefficient (Wildman–Crippen LogP) is 4.58. The molecule has 0 aliphatic heterocycles. The Kier molecular flexibility index (Phi) is 4.81. The second kappa shape index (κ2) is 6.25. The van der Waals surface area contributed by atoms with E-state index in [1.165, 1.54) is 12.1 Å². The first-order valence-electron chi connectivity index (χ1n) is 6.60. The SMILES string of the molecule is Cc1cc(F)c(/N=C(\N)C2CCC2)cc1SCC(F)(F)F. The smallest absolute Gasteiger partial charge is 0.387 e. The van der Waals surface area contributed by atoms with Gasteiger partial charge in [0.2, 0.25) is 0 Å². The molecule has 0 radical (unpaired) electrons. The van der Waals surface area contributed by atoms with Gasteiger partial charge in [0.05, 0.1) is 5.75 Å². The van der Waals surface area contributed by atoms with Gasteiger partial charge in [-0.05, 0) is 37.5 Å². The van der Waals surface area contributed by atoms with Gasteiger partial charge in [0, 0.05) is 10.8 Å². The zero-order chi connectivity index (χ0) is 15.6. The first-order valence-corrected chi connectivity index (χ1v) is 7.58. The minimum absolute atomic E-state index is 0.00896. The fourth-order valence-corrected chi connectivity index (χ4v) is 2.78. The number of rotatable bonds is 4. The Morgan fingerprint density at radius 3 is 2.57 bits per heavy atom. The highest BCUT2D eigenvalue weighted by atomic mass is 32.2. The van der Waals surface area contributed by atoms with E-state index in [9.17, 15) is 17.6 Å². The summed E-state index contributed by atoms with van der Waals surface area (Å²) in [5.41, 5.74) is 6.28. The maximum atomic E-state index is 13.9.